The molecule has 0 N–H and O–H groups in total. The molecule has 1 aromatic carbocycles. The van der Waals surface area contributed by atoms with Crippen molar-refractivity contribution in [3.8, 4) is 11.5 Å². The molecule has 0 radical (unpaired) electrons. The molecular weight excluding hydrogens is 270 g/mol. The highest BCUT2D eigenvalue weighted by atomic mass is 35.5. The minimum atomic E-state index is -0.472. The molecule has 0 saturated heterocycles. The summed E-state index contributed by atoms with van der Waals surface area (Å²) in [4.78, 5) is 13.5. The number of hydrogen-bond donors (Lipinski definition) is 0. The molecule has 0 aliphatic rings. The molecule has 106 valence electrons. The first-order valence-corrected chi connectivity index (χ1v) is 6.10. The number of methoxy groups -OCH3 is 2. The summed E-state index contributed by atoms with van der Waals surface area (Å²) in [6, 6.07) is 3.05. The minimum absolute atomic E-state index is 0.318. The highest BCUT2D eigenvalue weighted by Gasteiger charge is 2.16. The number of hydrogen-bond acceptors (Lipinski definition) is 5. The summed E-state index contributed by atoms with van der Waals surface area (Å²) in [5.41, 5.74) is 0.323. The van der Waals surface area contributed by atoms with Gasteiger partial charge in [0.1, 0.15) is 6.61 Å². The fraction of sp³-hybridized carbons (Fsp3) is 0.462. The predicted octanol–water partition coefficient (Wildman–Crippen LogP) is 2.08. The molecule has 0 spiro atoms. The van der Waals surface area contributed by atoms with Crippen molar-refractivity contribution in [2.45, 2.75) is 0 Å². The van der Waals surface area contributed by atoms with E-state index >= 15 is 0 Å². The van der Waals surface area contributed by atoms with Gasteiger partial charge in [-0.05, 0) is 26.2 Å². The average molecular weight is 288 g/mol. The van der Waals surface area contributed by atoms with Crippen molar-refractivity contribution in [2.24, 2.45) is 0 Å². The summed E-state index contributed by atoms with van der Waals surface area (Å²) in [5.74, 6) is 0.366. The van der Waals surface area contributed by atoms with Gasteiger partial charge in [0.2, 0.25) is 0 Å². The normalized spacial score (nSPS) is 10.4. The van der Waals surface area contributed by atoms with Crippen molar-refractivity contribution >= 4 is 17.6 Å². The maximum Gasteiger partial charge on any atom is 0.338 e. The third-order valence-corrected chi connectivity index (χ3v) is 2.72. The SMILES string of the molecule is COC(=O)c1cc(Cl)c(OCCN(C)C)c(OC)c1. The second-order valence-corrected chi connectivity index (χ2v) is 4.54. The van der Waals surface area contributed by atoms with E-state index in [-0.39, 0.29) is 0 Å². The van der Waals surface area contributed by atoms with Crippen molar-refractivity contribution < 1.29 is 19.0 Å². The molecule has 0 saturated carbocycles. The molecular formula is C13H18ClNO4. The van der Waals surface area contributed by atoms with Crippen LogP contribution in [0, 0.1) is 0 Å². The molecule has 6 heteroatoms. The molecule has 0 aliphatic heterocycles. The van der Waals surface area contributed by atoms with E-state index in [0.29, 0.717) is 28.7 Å². The first kappa shape index (κ1) is 15.6. The number of carbonyl (C=O) groups excluding carboxylic acids is 1. The van der Waals surface area contributed by atoms with E-state index in [2.05, 4.69) is 4.74 Å². The van der Waals surface area contributed by atoms with E-state index in [9.17, 15) is 4.79 Å². The fourth-order valence-electron chi connectivity index (χ4n) is 1.43. The van der Waals surface area contributed by atoms with E-state index < -0.39 is 5.97 Å². The van der Waals surface area contributed by atoms with Gasteiger partial charge in [-0.25, -0.2) is 4.79 Å². The lowest BCUT2D eigenvalue weighted by Crippen LogP contribution is -2.19. The van der Waals surface area contributed by atoms with E-state index in [1.54, 1.807) is 6.07 Å². The first-order valence-electron chi connectivity index (χ1n) is 5.73. The third-order valence-electron chi connectivity index (χ3n) is 2.44. The Kier molecular flexibility index (Phi) is 5.92. The van der Waals surface area contributed by atoms with Gasteiger partial charge in [-0.1, -0.05) is 11.6 Å². The van der Waals surface area contributed by atoms with Gasteiger partial charge < -0.3 is 19.1 Å². The van der Waals surface area contributed by atoms with Gasteiger partial charge in [0.05, 0.1) is 24.8 Å². The maximum atomic E-state index is 11.5. The summed E-state index contributed by atoms with van der Waals surface area (Å²) in [5, 5.41) is 0.318. The summed E-state index contributed by atoms with van der Waals surface area (Å²) in [6.07, 6.45) is 0. The number of halogens is 1. The van der Waals surface area contributed by atoms with Gasteiger partial charge in [-0.2, -0.15) is 0 Å². The Morgan fingerprint density at radius 3 is 2.53 bits per heavy atom. The smallest absolute Gasteiger partial charge is 0.338 e. The number of carbonyl (C=O) groups is 1. The largest absolute Gasteiger partial charge is 0.493 e. The lowest BCUT2D eigenvalue weighted by atomic mass is 10.2. The lowest BCUT2D eigenvalue weighted by molar-refractivity contribution is 0.0600. The van der Waals surface area contributed by atoms with Gasteiger partial charge in [-0.3, -0.25) is 0 Å². The summed E-state index contributed by atoms with van der Waals surface area (Å²) in [6.45, 7) is 1.22. The molecule has 0 atom stereocenters. The van der Waals surface area contributed by atoms with Crippen LogP contribution in [0.3, 0.4) is 0 Å². The van der Waals surface area contributed by atoms with E-state index in [0.717, 1.165) is 6.54 Å². The number of rotatable bonds is 6. The quantitative estimate of drug-likeness (QED) is 0.750. The van der Waals surface area contributed by atoms with E-state index in [4.69, 9.17) is 21.1 Å². The second-order valence-electron chi connectivity index (χ2n) is 4.13. The molecule has 0 amide bonds. The van der Waals surface area contributed by atoms with Crippen LogP contribution < -0.4 is 9.47 Å². The zero-order valence-electron chi connectivity index (χ0n) is 11.5. The van der Waals surface area contributed by atoms with Gasteiger partial charge in [0.25, 0.3) is 0 Å². The fourth-order valence-corrected chi connectivity index (χ4v) is 1.69. The molecule has 0 unspecified atom stereocenters. The van der Waals surface area contributed by atoms with Gasteiger partial charge >= 0.3 is 5.97 Å². The molecule has 0 bridgehead atoms. The maximum absolute atomic E-state index is 11.5. The average Bonchev–Trinajstić information content (AvgIpc) is 2.38. The van der Waals surface area contributed by atoms with Crippen LogP contribution in [0.15, 0.2) is 12.1 Å². The molecule has 0 fully saturated rings. The Balaban J connectivity index is 2.95. The summed E-state index contributed by atoms with van der Waals surface area (Å²) >= 11 is 6.10. The summed E-state index contributed by atoms with van der Waals surface area (Å²) < 4.78 is 15.4. The van der Waals surface area contributed by atoms with Crippen molar-refractivity contribution in [1.82, 2.24) is 4.90 Å². The number of esters is 1. The van der Waals surface area contributed by atoms with Crippen molar-refractivity contribution in [3.63, 3.8) is 0 Å². The minimum Gasteiger partial charge on any atom is -0.493 e. The van der Waals surface area contributed by atoms with Crippen LogP contribution in [-0.4, -0.2) is 52.3 Å². The first-order chi connectivity index (χ1) is 8.99. The lowest BCUT2D eigenvalue weighted by Gasteiger charge is -2.15. The van der Waals surface area contributed by atoms with Crippen LogP contribution >= 0.6 is 11.6 Å². The third kappa shape index (κ3) is 4.29. The Hall–Kier alpha value is -1.46. The van der Waals surface area contributed by atoms with Crippen molar-refractivity contribution in [2.75, 3.05) is 41.5 Å². The van der Waals surface area contributed by atoms with Crippen LogP contribution in [0.5, 0.6) is 11.5 Å². The molecule has 0 heterocycles. The molecule has 0 aliphatic carbocycles. The second kappa shape index (κ2) is 7.21. The Morgan fingerprint density at radius 1 is 1.32 bits per heavy atom. The number of benzene rings is 1. The molecule has 5 nitrogen and oxygen atoms in total. The van der Waals surface area contributed by atoms with Crippen molar-refractivity contribution in [3.05, 3.63) is 22.7 Å². The van der Waals surface area contributed by atoms with Crippen LogP contribution in [0.4, 0.5) is 0 Å². The zero-order chi connectivity index (χ0) is 14.4. The van der Waals surface area contributed by atoms with Gasteiger partial charge in [0, 0.05) is 6.54 Å². The monoisotopic (exact) mass is 287 g/mol. The Bertz CT molecular complexity index is 449. The number of likely N-dealkylation sites (N-methyl/N-ethyl adjacent to an activating group) is 1. The van der Waals surface area contributed by atoms with Crippen LogP contribution in [0.2, 0.25) is 5.02 Å². The van der Waals surface area contributed by atoms with Gasteiger partial charge in [-0.15, -0.1) is 0 Å². The predicted molar refractivity (Wildman–Crippen MR) is 73.4 cm³/mol. The Labute approximate surface area is 118 Å². The van der Waals surface area contributed by atoms with Crippen LogP contribution in [0.1, 0.15) is 10.4 Å². The van der Waals surface area contributed by atoms with Crippen LogP contribution in [0.25, 0.3) is 0 Å². The molecule has 1 aromatic rings. The topological polar surface area (TPSA) is 48.0 Å². The zero-order valence-corrected chi connectivity index (χ0v) is 12.3. The van der Waals surface area contributed by atoms with E-state index in [1.165, 1.54) is 20.3 Å². The van der Waals surface area contributed by atoms with Crippen molar-refractivity contribution in [1.29, 1.82) is 0 Å². The standard InChI is InChI=1S/C13H18ClNO4/c1-15(2)5-6-19-12-10(14)7-9(13(16)18-4)8-11(12)17-3/h7-8H,5-6H2,1-4H3. The Morgan fingerprint density at radius 2 is 2.00 bits per heavy atom. The number of nitrogens with zero attached hydrogens (tertiary/aromatic N) is 1. The summed E-state index contributed by atoms with van der Waals surface area (Å²) in [7, 11) is 6.70. The highest BCUT2D eigenvalue weighted by molar-refractivity contribution is 6.32. The highest BCUT2D eigenvalue weighted by Crippen LogP contribution is 2.36. The van der Waals surface area contributed by atoms with Crippen LogP contribution in [-0.2, 0) is 4.74 Å². The number of ether oxygens (including phenoxy) is 3. The molecule has 0 aromatic heterocycles. The van der Waals surface area contributed by atoms with E-state index in [1.807, 2.05) is 19.0 Å². The molecule has 1 rings (SSSR count). The van der Waals surface area contributed by atoms with Gasteiger partial charge in [0.15, 0.2) is 11.5 Å². The molecule has 19 heavy (non-hydrogen) atoms.